The summed E-state index contributed by atoms with van der Waals surface area (Å²) in [5.41, 5.74) is 3.14. The summed E-state index contributed by atoms with van der Waals surface area (Å²) in [5.74, 6) is 1.61. The van der Waals surface area contributed by atoms with E-state index in [0.29, 0.717) is 22.9 Å². The summed E-state index contributed by atoms with van der Waals surface area (Å²) in [6.45, 7) is 6.97. The summed E-state index contributed by atoms with van der Waals surface area (Å²) < 4.78 is 19.2. The Morgan fingerprint density at radius 1 is 1.16 bits per heavy atom. The first-order valence-corrected chi connectivity index (χ1v) is 11.7. The fourth-order valence-corrected chi connectivity index (χ4v) is 6.03. The number of halogens is 1. The van der Waals surface area contributed by atoms with Gasteiger partial charge >= 0.3 is 0 Å². The zero-order valence-electron chi connectivity index (χ0n) is 18.0. The number of nitrogens with one attached hydrogen (secondary N) is 2. The highest BCUT2D eigenvalue weighted by molar-refractivity contribution is 7.16. The van der Waals surface area contributed by atoms with Crippen LogP contribution < -0.4 is 10.6 Å². The number of fused-ring (bicyclic) bond motifs is 3. The van der Waals surface area contributed by atoms with Gasteiger partial charge in [-0.05, 0) is 72.6 Å². The first kappa shape index (κ1) is 20.3. The molecule has 3 aromatic rings. The monoisotopic (exact) mass is 438 g/mol. The van der Waals surface area contributed by atoms with E-state index in [0.717, 1.165) is 41.8 Å². The van der Waals surface area contributed by atoms with Crippen LogP contribution in [0.15, 0.2) is 40.8 Å². The van der Waals surface area contributed by atoms with Crippen LogP contribution in [0.25, 0.3) is 11.3 Å². The lowest BCUT2D eigenvalue weighted by Gasteiger charge is -2.36. The maximum atomic E-state index is 13.2. The lowest BCUT2D eigenvalue weighted by atomic mass is 9.69. The van der Waals surface area contributed by atoms with Crippen LogP contribution in [0.3, 0.4) is 0 Å². The topological polar surface area (TPSA) is 54.3 Å². The quantitative estimate of drug-likeness (QED) is 0.486. The molecule has 3 heterocycles. The Labute approximate surface area is 185 Å². The molecule has 0 saturated carbocycles. The summed E-state index contributed by atoms with van der Waals surface area (Å²) in [4.78, 5) is 14.4. The molecule has 2 aromatic heterocycles. The molecule has 1 aromatic carbocycles. The van der Waals surface area contributed by atoms with E-state index < -0.39 is 6.17 Å². The number of benzene rings is 1. The molecular formula is C25H27FN2O2S. The van der Waals surface area contributed by atoms with Crippen molar-refractivity contribution in [1.29, 1.82) is 0 Å². The SMILES string of the molecule is CCC(C)(C)C1CCc2c(sc3c2C(=O)NC(c2ccc(-c4ccc(F)cc4)o2)N3)C1. The van der Waals surface area contributed by atoms with Crippen molar-refractivity contribution in [2.24, 2.45) is 11.3 Å². The molecule has 2 atom stereocenters. The van der Waals surface area contributed by atoms with Crippen molar-refractivity contribution in [1.82, 2.24) is 5.32 Å². The van der Waals surface area contributed by atoms with Crippen LogP contribution in [-0.2, 0) is 12.8 Å². The molecule has 0 fully saturated rings. The molecular weight excluding hydrogens is 411 g/mol. The van der Waals surface area contributed by atoms with Crippen molar-refractivity contribution >= 4 is 22.2 Å². The van der Waals surface area contributed by atoms with Gasteiger partial charge in [0.15, 0.2) is 6.17 Å². The zero-order chi connectivity index (χ0) is 21.8. The highest BCUT2D eigenvalue weighted by atomic mass is 32.1. The van der Waals surface area contributed by atoms with Crippen molar-refractivity contribution in [3.8, 4) is 11.3 Å². The number of thiophene rings is 1. The molecule has 1 aliphatic carbocycles. The van der Waals surface area contributed by atoms with Crippen molar-refractivity contribution in [3.63, 3.8) is 0 Å². The number of furan rings is 1. The van der Waals surface area contributed by atoms with Gasteiger partial charge in [-0.3, -0.25) is 4.79 Å². The average molecular weight is 439 g/mol. The molecule has 4 nitrogen and oxygen atoms in total. The predicted octanol–water partition coefficient (Wildman–Crippen LogP) is 6.54. The van der Waals surface area contributed by atoms with Crippen LogP contribution in [0, 0.1) is 17.2 Å². The minimum atomic E-state index is -0.419. The molecule has 0 radical (unpaired) electrons. The van der Waals surface area contributed by atoms with E-state index in [4.69, 9.17) is 4.42 Å². The van der Waals surface area contributed by atoms with Crippen molar-refractivity contribution in [2.45, 2.75) is 52.6 Å². The van der Waals surface area contributed by atoms with Gasteiger partial charge in [-0.25, -0.2) is 4.39 Å². The summed E-state index contributed by atoms with van der Waals surface area (Å²) in [5, 5.41) is 7.47. The van der Waals surface area contributed by atoms with Gasteiger partial charge in [0.2, 0.25) is 0 Å². The summed E-state index contributed by atoms with van der Waals surface area (Å²) in [6, 6.07) is 9.90. The maximum absolute atomic E-state index is 13.2. The fourth-order valence-electron chi connectivity index (χ4n) is 4.67. The van der Waals surface area contributed by atoms with Gasteiger partial charge in [-0.2, -0.15) is 0 Å². The molecule has 2 aliphatic rings. The summed E-state index contributed by atoms with van der Waals surface area (Å²) in [7, 11) is 0. The Morgan fingerprint density at radius 3 is 2.68 bits per heavy atom. The average Bonchev–Trinajstić information content (AvgIpc) is 3.38. The van der Waals surface area contributed by atoms with Gasteiger partial charge in [-0.15, -0.1) is 11.3 Å². The van der Waals surface area contributed by atoms with Gasteiger partial charge < -0.3 is 15.1 Å². The van der Waals surface area contributed by atoms with E-state index in [9.17, 15) is 9.18 Å². The Morgan fingerprint density at radius 2 is 1.94 bits per heavy atom. The standard InChI is InChI=1S/C25H27FN2O2S/c1-4-25(2,3)15-7-10-17-20(13-15)31-24-21(17)23(29)27-22(28-24)19-12-11-18(30-19)14-5-8-16(26)9-6-14/h5-6,8-9,11-12,15,22,28H,4,7,10,13H2,1-3H3,(H,27,29). The van der Waals surface area contributed by atoms with Gasteiger partial charge in [0, 0.05) is 10.4 Å². The van der Waals surface area contributed by atoms with Crippen LogP contribution >= 0.6 is 11.3 Å². The normalized spacial score (nSPS) is 20.6. The molecule has 6 heteroatoms. The first-order chi connectivity index (χ1) is 14.9. The van der Waals surface area contributed by atoms with E-state index in [1.165, 1.54) is 22.6 Å². The number of carbonyl (C=O) groups is 1. The van der Waals surface area contributed by atoms with Crippen LogP contribution in [0.1, 0.15) is 66.3 Å². The highest BCUT2D eigenvalue weighted by Gasteiger charge is 2.37. The molecule has 0 spiro atoms. The minimum Gasteiger partial charge on any atom is -0.457 e. The molecule has 1 amide bonds. The molecule has 5 rings (SSSR count). The Balaban J connectivity index is 1.40. The van der Waals surface area contributed by atoms with Gasteiger partial charge in [0.1, 0.15) is 22.3 Å². The number of anilines is 1. The Bertz CT molecular complexity index is 1130. The van der Waals surface area contributed by atoms with Gasteiger partial charge in [0.05, 0.1) is 5.56 Å². The van der Waals surface area contributed by atoms with Crippen LogP contribution in [-0.4, -0.2) is 5.91 Å². The molecule has 2 unspecified atom stereocenters. The number of hydrogen-bond acceptors (Lipinski definition) is 4. The molecule has 0 saturated heterocycles. The number of rotatable bonds is 4. The van der Waals surface area contributed by atoms with Crippen LogP contribution in [0.2, 0.25) is 0 Å². The van der Waals surface area contributed by atoms with E-state index in [1.54, 1.807) is 23.5 Å². The van der Waals surface area contributed by atoms with E-state index in [1.807, 2.05) is 12.1 Å². The van der Waals surface area contributed by atoms with Crippen molar-refractivity contribution in [3.05, 3.63) is 64.0 Å². The molecule has 0 bridgehead atoms. The molecule has 1 aliphatic heterocycles. The molecule has 162 valence electrons. The van der Waals surface area contributed by atoms with E-state index >= 15 is 0 Å². The number of carbonyl (C=O) groups excluding carboxylic acids is 1. The number of hydrogen-bond donors (Lipinski definition) is 2. The fraction of sp³-hybridized carbons (Fsp3) is 0.400. The van der Waals surface area contributed by atoms with Crippen molar-refractivity contribution in [2.75, 3.05) is 5.32 Å². The van der Waals surface area contributed by atoms with Gasteiger partial charge in [0.25, 0.3) is 5.91 Å². The van der Waals surface area contributed by atoms with Crippen molar-refractivity contribution < 1.29 is 13.6 Å². The van der Waals surface area contributed by atoms with Crippen LogP contribution in [0.4, 0.5) is 9.39 Å². The summed E-state index contributed by atoms with van der Waals surface area (Å²) >= 11 is 1.72. The largest absolute Gasteiger partial charge is 0.457 e. The zero-order valence-corrected chi connectivity index (χ0v) is 18.9. The smallest absolute Gasteiger partial charge is 0.256 e. The molecule has 31 heavy (non-hydrogen) atoms. The third-order valence-electron chi connectivity index (χ3n) is 7.10. The lowest BCUT2D eigenvalue weighted by Crippen LogP contribution is -2.38. The third kappa shape index (κ3) is 3.57. The van der Waals surface area contributed by atoms with E-state index in [2.05, 4.69) is 31.4 Å². The Hall–Kier alpha value is -2.60. The lowest BCUT2D eigenvalue weighted by molar-refractivity contribution is 0.0930. The van der Waals surface area contributed by atoms with Gasteiger partial charge in [-0.1, -0.05) is 27.2 Å². The minimum absolute atomic E-state index is 0.0378. The predicted molar refractivity (Wildman–Crippen MR) is 122 cm³/mol. The van der Waals surface area contributed by atoms with Crippen LogP contribution in [0.5, 0.6) is 0 Å². The first-order valence-electron chi connectivity index (χ1n) is 10.9. The van der Waals surface area contributed by atoms with E-state index in [-0.39, 0.29) is 11.7 Å². The second-order valence-electron chi connectivity index (χ2n) is 9.25. The molecule has 2 N–H and O–H groups in total. The third-order valence-corrected chi connectivity index (χ3v) is 8.29. The highest BCUT2D eigenvalue weighted by Crippen LogP contribution is 2.47. The summed E-state index contributed by atoms with van der Waals surface area (Å²) in [6.07, 6.45) is 3.88. The Kier molecular flexibility index (Phi) is 4.93. The number of amides is 1. The maximum Gasteiger partial charge on any atom is 0.256 e. The second kappa shape index (κ2) is 7.52. The second-order valence-corrected chi connectivity index (χ2v) is 10.4.